The number of phenolic OH excluding ortho intramolecular Hbond substituents is 2. The van der Waals surface area contributed by atoms with Crippen LogP contribution in [0.1, 0.15) is 22.6 Å². The Morgan fingerprint density at radius 2 is 1.00 bits per heavy atom. The molecule has 0 aromatic heterocycles. The summed E-state index contributed by atoms with van der Waals surface area (Å²) in [5.74, 6) is 1.81. The predicted octanol–water partition coefficient (Wildman–Crippen LogP) is 8.36. The molecular weight excluding hydrogens is 444 g/mol. The molecule has 0 saturated heterocycles. The average molecular weight is 467 g/mol. The van der Waals surface area contributed by atoms with Crippen LogP contribution in [0, 0.1) is 0 Å². The summed E-state index contributed by atoms with van der Waals surface area (Å²) in [6, 6.07) is 38.2. The number of hydrogen-bond donors (Lipinski definition) is 2. The highest BCUT2D eigenvalue weighted by atomic mass is 16.5. The smallest absolute Gasteiger partial charge is 0.139 e. The molecule has 1 aliphatic heterocycles. The van der Waals surface area contributed by atoms with Gasteiger partial charge in [0.05, 0.1) is 0 Å². The second-order valence-corrected chi connectivity index (χ2v) is 9.30. The van der Waals surface area contributed by atoms with Crippen molar-refractivity contribution in [1.29, 1.82) is 0 Å². The van der Waals surface area contributed by atoms with Crippen molar-refractivity contribution < 1.29 is 14.9 Å². The Balaban J connectivity index is 1.48. The van der Waals surface area contributed by atoms with E-state index in [9.17, 15) is 10.2 Å². The van der Waals surface area contributed by atoms with Gasteiger partial charge in [-0.2, -0.15) is 0 Å². The standard InChI is InChI=1S/C33H22O3/c34-25-14-10-22-12-16-27-31(24-8-6-21(7-9-24)20-4-2-1-3-5-20)28-17-13-23-11-15-26(35)19-30(23)33(28)36-32(27)29(22)18-25/h1-19,31,34-35H. The molecule has 3 heteroatoms. The van der Waals surface area contributed by atoms with Crippen molar-refractivity contribution in [3.05, 3.63) is 132 Å². The van der Waals surface area contributed by atoms with Crippen molar-refractivity contribution in [1.82, 2.24) is 0 Å². The van der Waals surface area contributed by atoms with Gasteiger partial charge in [-0.3, -0.25) is 0 Å². The van der Waals surface area contributed by atoms with E-state index in [0.717, 1.165) is 49.7 Å². The van der Waals surface area contributed by atoms with Crippen molar-refractivity contribution in [2.45, 2.75) is 5.92 Å². The molecule has 2 N–H and O–H groups in total. The van der Waals surface area contributed by atoms with Crippen molar-refractivity contribution in [3.63, 3.8) is 0 Å². The lowest BCUT2D eigenvalue weighted by atomic mass is 9.80. The third kappa shape index (κ3) is 3.21. The van der Waals surface area contributed by atoms with Crippen LogP contribution in [0.5, 0.6) is 23.0 Å². The van der Waals surface area contributed by atoms with E-state index < -0.39 is 0 Å². The molecular formula is C33H22O3. The summed E-state index contributed by atoms with van der Waals surface area (Å²) in [6.45, 7) is 0. The monoisotopic (exact) mass is 466 g/mol. The lowest BCUT2D eigenvalue weighted by molar-refractivity contribution is 0.460. The van der Waals surface area contributed by atoms with Gasteiger partial charge in [0.2, 0.25) is 0 Å². The third-order valence-corrected chi connectivity index (χ3v) is 7.15. The van der Waals surface area contributed by atoms with Crippen molar-refractivity contribution in [2.75, 3.05) is 0 Å². The summed E-state index contributed by atoms with van der Waals surface area (Å²) < 4.78 is 6.64. The summed E-state index contributed by atoms with van der Waals surface area (Å²) >= 11 is 0. The van der Waals surface area contributed by atoms with Crippen LogP contribution in [0.4, 0.5) is 0 Å². The Kier molecular flexibility index (Phi) is 4.52. The number of fused-ring (bicyclic) bond motifs is 6. The zero-order chi connectivity index (χ0) is 24.2. The zero-order valence-corrected chi connectivity index (χ0v) is 19.3. The summed E-state index contributed by atoms with van der Waals surface area (Å²) in [7, 11) is 0. The molecule has 3 nitrogen and oxygen atoms in total. The number of benzene rings is 6. The Labute approximate surface area is 208 Å². The van der Waals surface area contributed by atoms with Crippen molar-refractivity contribution in [3.8, 4) is 34.1 Å². The predicted molar refractivity (Wildman–Crippen MR) is 144 cm³/mol. The minimum Gasteiger partial charge on any atom is -0.508 e. The van der Waals surface area contributed by atoms with Gasteiger partial charge >= 0.3 is 0 Å². The van der Waals surface area contributed by atoms with Gasteiger partial charge in [-0.25, -0.2) is 0 Å². The molecule has 0 spiro atoms. The van der Waals surface area contributed by atoms with Crippen LogP contribution in [-0.4, -0.2) is 10.2 Å². The van der Waals surface area contributed by atoms with Crippen LogP contribution in [0.3, 0.4) is 0 Å². The molecule has 172 valence electrons. The maximum atomic E-state index is 10.3. The first-order valence-corrected chi connectivity index (χ1v) is 12.0. The molecule has 0 amide bonds. The van der Waals surface area contributed by atoms with E-state index in [2.05, 4.69) is 72.8 Å². The van der Waals surface area contributed by atoms with Gasteiger partial charge in [0.1, 0.15) is 23.0 Å². The van der Waals surface area contributed by atoms with E-state index in [1.54, 1.807) is 24.3 Å². The normalized spacial score (nSPS) is 12.8. The summed E-state index contributed by atoms with van der Waals surface area (Å²) in [6.07, 6.45) is 0. The minimum absolute atomic E-state index is 0.0629. The molecule has 6 aromatic carbocycles. The lowest BCUT2D eigenvalue weighted by Crippen LogP contribution is -2.12. The molecule has 0 fully saturated rings. The quantitative estimate of drug-likeness (QED) is 0.269. The Morgan fingerprint density at radius 1 is 0.500 bits per heavy atom. The summed E-state index contributed by atoms with van der Waals surface area (Å²) in [5, 5.41) is 24.3. The molecule has 0 atom stereocenters. The van der Waals surface area contributed by atoms with E-state index in [1.807, 2.05) is 18.2 Å². The van der Waals surface area contributed by atoms with Gasteiger partial charge in [0, 0.05) is 27.8 Å². The molecule has 1 aliphatic rings. The topological polar surface area (TPSA) is 49.7 Å². The molecule has 0 aliphatic carbocycles. The fourth-order valence-electron chi connectivity index (χ4n) is 5.40. The molecule has 0 bridgehead atoms. The van der Waals surface area contributed by atoms with Crippen LogP contribution in [0.25, 0.3) is 32.7 Å². The number of ether oxygens (including phenoxy) is 1. The van der Waals surface area contributed by atoms with Gasteiger partial charge in [-0.1, -0.05) is 91.0 Å². The van der Waals surface area contributed by atoms with Gasteiger partial charge in [-0.15, -0.1) is 0 Å². The van der Waals surface area contributed by atoms with E-state index >= 15 is 0 Å². The average Bonchev–Trinajstić information content (AvgIpc) is 2.92. The van der Waals surface area contributed by atoms with Crippen LogP contribution in [-0.2, 0) is 0 Å². The second kappa shape index (κ2) is 7.89. The van der Waals surface area contributed by atoms with Crippen LogP contribution in [0.2, 0.25) is 0 Å². The highest BCUT2D eigenvalue weighted by Gasteiger charge is 2.31. The van der Waals surface area contributed by atoms with Gasteiger partial charge in [0.15, 0.2) is 0 Å². The molecule has 36 heavy (non-hydrogen) atoms. The third-order valence-electron chi connectivity index (χ3n) is 7.15. The largest absolute Gasteiger partial charge is 0.508 e. The maximum Gasteiger partial charge on any atom is 0.139 e. The zero-order valence-electron chi connectivity index (χ0n) is 19.3. The maximum absolute atomic E-state index is 10.3. The molecule has 6 aromatic rings. The number of aromatic hydroxyl groups is 2. The first kappa shape index (κ1) is 20.6. The van der Waals surface area contributed by atoms with E-state index in [1.165, 1.54) is 11.1 Å². The Bertz CT molecular complexity index is 1680. The van der Waals surface area contributed by atoms with Crippen LogP contribution < -0.4 is 4.74 Å². The number of hydrogen-bond acceptors (Lipinski definition) is 3. The van der Waals surface area contributed by atoms with E-state index in [-0.39, 0.29) is 17.4 Å². The van der Waals surface area contributed by atoms with Crippen molar-refractivity contribution in [2.24, 2.45) is 0 Å². The fourth-order valence-corrected chi connectivity index (χ4v) is 5.40. The van der Waals surface area contributed by atoms with Gasteiger partial charge in [0.25, 0.3) is 0 Å². The van der Waals surface area contributed by atoms with Gasteiger partial charge in [-0.05, 0) is 51.7 Å². The first-order valence-electron chi connectivity index (χ1n) is 12.0. The molecule has 1 heterocycles. The molecule has 0 saturated carbocycles. The molecule has 7 rings (SSSR count). The first-order chi connectivity index (χ1) is 17.7. The summed E-state index contributed by atoms with van der Waals surface area (Å²) in [4.78, 5) is 0. The van der Waals surface area contributed by atoms with Gasteiger partial charge < -0.3 is 14.9 Å². The van der Waals surface area contributed by atoms with Crippen LogP contribution >= 0.6 is 0 Å². The Hall–Kier alpha value is -4.76. The fraction of sp³-hybridized carbons (Fsp3) is 0.0303. The minimum atomic E-state index is -0.0629. The number of phenols is 2. The van der Waals surface area contributed by atoms with Crippen molar-refractivity contribution >= 4 is 21.5 Å². The molecule has 0 unspecified atom stereocenters. The number of rotatable bonds is 2. The Morgan fingerprint density at radius 3 is 1.56 bits per heavy atom. The van der Waals surface area contributed by atoms with Crippen LogP contribution in [0.15, 0.2) is 115 Å². The second-order valence-electron chi connectivity index (χ2n) is 9.30. The van der Waals surface area contributed by atoms with E-state index in [0.29, 0.717) is 0 Å². The van der Waals surface area contributed by atoms with E-state index in [4.69, 9.17) is 4.74 Å². The highest BCUT2D eigenvalue weighted by Crippen LogP contribution is 2.52. The highest BCUT2D eigenvalue weighted by molar-refractivity contribution is 5.96. The molecule has 0 radical (unpaired) electrons. The SMILES string of the molecule is Oc1ccc2ccc3c(c2c1)Oc1c(ccc2ccc(O)cc12)C3c1ccc(-c2ccccc2)cc1. The summed E-state index contributed by atoms with van der Waals surface area (Å²) in [5.41, 5.74) is 5.60. The lowest BCUT2D eigenvalue weighted by Gasteiger charge is -2.31.